The van der Waals surface area contributed by atoms with Crippen LogP contribution in [0.2, 0.25) is 0 Å². The average molecular weight is 237 g/mol. The van der Waals surface area contributed by atoms with Gasteiger partial charge in [-0.3, -0.25) is 4.68 Å². The summed E-state index contributed by atoms with van der Waals surface area (Å²) >= 11 is 0. The Morgan fingerprint density at radius 2 is 2.18 bits per heavy atom. The van der Waals surface area contributed by atoms with Crippen LogP contribution in [0, 0.1) is 0 Å². The first kappa shape index (κ1) is 12.6. The molecule has 1 aromatic heterocycles. The van der Waals surface area contributed by atoms with E-state index in [-0.39, 0.29) is 0 Å². The van der Waals surface area contributed by atoms with Gasteiger partial charge in [0.1, 0.15) is 0 Å². The molecule has 1 heterocycles. The lowest BCUT2D eigenvalue weighted by Gasteiger charge is -2.08. The molecule has 0 spiro atoms. The van der Waals surface area contributed by atoms with Gasteiger partial charge in [0.05, 0.1) is 12.2 Å². The normalized spacial score (nSPS) is 16.8. The number of nitrogens with zero attached hydrogens (tertiary/aromatic N) is 2. The molecular formula is C13H23N3O. The van der Waals surface area contributed by atoms with Gasteiger partial charge in [-0.1, -0.05) is 12.8 Å². The van der Waals surface area contributed by atoms with Crippen molar-refractivity contribution in [1.82, 2.24) is 15.1 Å². The molecule has 0 aromatic carbocycles. The van der Waals surface area contributed by atoms with E-state index < -0.39 is 0 Å². The molecule has 17 heavy (non-hydrogen) atoms. The molecule has 2 N–H and O–H groups in total. The number of unbranched alkanes of at least 4 members (excludes halogenated alkanes) is 1. The molecule has 1 fully saturated rings. The molecule has 4 nitrogen and oxygen atoms in total. The smallest absolute Gasteiger partial charge is 0.0534 e. The van der Waals surface area contributed by atoms with Crippen LogP contribution in [0.25, 0.3) is 0 Å². The standard InChI is InChI=1S/C13H23N3O/c17-8-4-3-7-14-9-12-10-15-16(11-12)13-5-1-2-6-13/h10-11,13-14,17H,1-9H2. The van der Waals surface area contributed by atoms with E-state index >= 15 is 0 Å². The molecule has 4 heteroatoms. The quantitative estimate of drug-likeness (QED) is 0.712. The molecule has 0 saturated heterocycles. The fourth-order valence-electron chi connectivity index (χ4n) is 2.43. The first-order chi connectivity index (χ1) is 8.40. The number of nitrogens with one attached hydrogen (secondary N) is 1. The molecule has 0 unspecified atom stereocenters. The molecule has 0 radical (unpaired) electrons. The van der Waals surface area contributed by atoms with Gasteiger partial charge in [-0.2, -0.15) is 5.10 Å². The molecule has 96 valence electrons. The largest absolute Gasteiger partial charge is 0.396 e. The number of hydrogen-bond acceptors (Lipinski definition) is 3. The van der Waals surface area contributed by atoms with Crippen LogP contribution >= 0.6 is 0 Å². The van der Waals surface area contributed by atoms with E-state index in [0.717, 1.165) is 25.9 Å². The Kier molecular flexibility index (Phi) is 5.01. The van der Waals surface area contributed by atoms with Crippen LogP contribution in [0.3, 0.4) is 0 Å². The third-order valence-corrected chi connectivity index (χ3v) is 3.44. The van der Waals surface area contributed by atoms with Crippen molar-refractivity contribution in [3.05, 3.63) is 18.0 Å². The zero-order valence-corrected chi connectivity index (χ0v) is 10.4. The summed E-state index contributed by atoms with van der Waals surface area (Å²) in [6.45, 7) is 2.15. The highest BCUT2D eigenvalue weighted by Crippen LogP contribution is 2.28. The second-order valence-corrected chi connectivity index (χ2v) is 4.87. The highest BCUT2D eigenvalue weighted by atomic mass is 16.2. The Bertz CT molecular complexity index is 318. The van der Waals surface area contributed by atoms with Gasteiger partial charge in [-0.15, -0.1) is 0 Å². The van der Waals surface area contributed by atoms with Crippen LogP contribution in [0.4, 0.5) is 0 Å². The van der Waals surface area contributed by atoms with Crippen molar-refractivity contribution in [3.8, 4) is 0 Å². The van der Waals surface area contributed by atoms with Crippen LogP contribution in [-0.4, -0.2) is 28.0 Å². The second kappa shape index (κ2) is 6.77. The maximum Gasteiger partial charge on any atom is 0.0534 e. The third-order valence-electron chi connectivity index (χ3n) is 3.44. The average Bonchev–Trinajstić information content (AvgIpc) is 2.99. The first-order valence-electron chi connectivity index (χ1n) is 6.75. The first-order valence-corrected chi connectivity index (χ1v) is 6.75. The number of aromatic nitrogens is 2. The molecule has 0 aliphatic heterocycles. The van der Waals surface area contributed by atoms with Crippen molar-refractivity contribution in [1.29, 1.82) is 0 Å². The lowest BCUT2D eigenvalue weighted by molar-refractivity contribution is 0.283. The summed E-state index contributed by atoms with van der Waals surface area (Å²) < 4.78 is 2.14. The SMILES string of the molecule is OCCCCNCc1cnn(C2CCCC2)c1. The molecule has 0 atom stereocenters. The maximum atomic E-state index is 8.67. The van der Waals surface area contributed by atoms with Crippen LogP contribution in [0.5, 0.6) is 0 Å². The summed E-state index contributed by atoms with van der Waals surface area (Å²) in [7, 11) is 0. The van der Waals surface area contributed by atoms with Crippen molar-refractivity contribution in [3.63, 3.8) is 0 Å². The molecule has 1 saturated carbocycles. The van der Waals surface area contributed by atoms with Gasteiger partial charge >= 0.3 is 0 Å². The minimum Gasteiger partial charge on any atom is -0.396 e. The van der Waals surface area contributed by atoms with Crippen LogP contribution in [0.15, 0.2) is 12.4 Å². The summed E-state index contributed by atoms with van der Waals surface area (Å²) in [6.07, 6.45) is 11.3. The predicted octanol–water partition coefficient (Wildman–Crippen LogP) is 1.86. The summed E-state index contributed by atoms with van der Waals surface area (Å²) in [4.78, 5) is 0. The zero-order chi connectivity index (χ0) is 11.9. The van der Waals surface area contributed by atoms with Gasteiger partial charge in [0, 0.05) is 24.9 Å². The summed E-state index contributed by atoms with van der Waals surface area (Å²) in [5, 5.41) is 16.5. The minimum atomic E-state index is 0.293. The Morgan fingerprint density at radius 3 is 2.94 bits per heavy atom. The van der Waals surface area contributed by atoms with Crippen molar-refractivity contribution in [2.24, 2.45) is 0 Å². The van der Waals surface area contributed by atoms with E-state index in [1.807, 2.05) is 6.20 Å². The van der Waals surface area contributed by atoms with Gasteiger partial charge in [0.2, 0.25) is 0 Å². The summed E-state index contributed by atoms with van der Waals surface area (Å²) in [5.41, 5.74) is 1.26. The van der Waals surface area contributed by atoms with Gasteiger partial charge in [-0.25, -0.2) is 0 Å². The van der Waals surface area contributed by atoms with Gasteiger partial charge < -0.3 is 10.4 Å². The summed E-state index contributed by atoms with van der Waals surface area (Å²) in [5.74, 6) is 0. The molecule has 1 aliphatic carbocycles. The minimum absolute atomic E-state index is 0.293. The van der Waals surface area contributed by atoms with Crippen molar-refractivity contribution < 1.29 is 5.11 Å². The Balaban J connectivity index is 1.70. The van der Waals surface area contributed by atoms with E-state index in [0.29, 0.717) is 12.6 Å². The zero-order valence-electron chi connectivity index (χ0n) is 10.4. The van der Waals surface area contributed by atoms with Crippen molar-refractivity contribution in [2.45, 2.75) is 51.1 Å². The molecule has 1 aliphatic rings. The molecule has 0 amide bonds. The Hall–Kier alpha value is -0.870. The van der Waals surface area contributed by atoms with Crippen molar-refractivity contribution >= 4 is 0 Å². The predicted molar refractivity (Wildman–Crippen MR) is 67.8 cm³/mol. The topological polar surface area (TPSA) is 50.1 Å². The Morgan fingerprint density at radius 1 is 1.35 bits per heavy atom. The van der Waals surface area contributed by atoms with E-state index in [9.17, 15) is 0 Å². The molecule has 0 bridgehead atoms. The van der Waals surface area contributed by atoms with Crippen LogP contribution in [0.1, 0.15) is 50.1 Å². The highest BCUT2D eigenvalue weighted by molar-refractivity contribution is 5.04. The summed E-state index contributed by atoms with van der Waals surface area (Å²) in [6, 6.07) is 0.637. The van der Waals surface area contributed by atoms with Crippen LogP contribution < -0.4 is 5.32 Å². The number of aliphatic hydroxyl groups excluding tert-OH is 1. The third kappa shape index (κ3) is 3.82. The fourth-order valence-corrected chi connectivity index (χ4v) is 2.43. The number of hydrogen-bond donors (Lipinski definition) is 2. The molecular weight excluding hydrogens is 214 g/mol. The van der Waals surface area contributed by atoms with E-state index in [1.54, 1.807) is 0 Å². The maximum absolute atomic E-state index is 8.67. The monoisotopic (exact) mass is 237 g/mol. The molecule has 1 aromatic rings. The van der Waals surface area contributed by atoms with E-state index in [1.165, 1.54) is 31.2 Å². The number of aliphatic hydroxyl groups is 1. The van der Waals surface area contributed by atoms with Crippen LogP contribution in [-0.2, 0) is 6.54 Å². The fraction of sp³-hybridized carbons (Fsp3) is 0.769. The highest BCUT2D eigenvalue weighted by Gasteiger charge is 2.17. The van der Waals surface area contributed by atoms with E-state index in [4.69, 9.17) is 5.11 Å². The van der Waals surface area contributed by atoms with Gasteiger partial charge in [-0.05, 0) is 32.2 Å². The lowest BCUT2D eigenvalue weighted by Crippen LogP contribution is -2.14. The molecule has 2 rings (SSSR count). The van der Waals surface area contributed by atoms with E-state index in [2.05, 4.69) is 21.3 Å². The van der Waals surface area contributed by atoms with Gasteiger partial charge in [0.15, 0.2) is 0 Å². The van der Waals surface area contributed by atoms with Crippen molar-refractivity contribution in [2.75, 3.05) is 13.2 Å². The second-order valence-electron chi connectivity index (χ2n) is 4.87. The Labute approximate surface area is 103 Å². The van der Waals surface area contributed by atoms with Gasteiger partial charge in [0.25, 0.3) is 0 Å². The lowest BCUT2D eigenvalue weighted by atomic mass is 10.2. The number of rotatable bonds is 7.